The molecule has 7 heteroatoms. The van der Waals surface area contributed by atoms with Crippen LogP contribution in [-0.2, 0) is 0 Å². The number of amides is 1. The number of likely N-dealkylation sites (tertiary alicyclic amines) is 1. The van der Waals surface area contributed by atoms with E-state index in [-0.39, 0.29) is 5.91 Å². The van der Waals surface area contributed by atoms with Gasteiger partial charge >= 0.3 is 0 Å². The van der Waals surface area contributed by atoms with Crippen LogP contribution in [-0.4, -0.2) is 47.0 Å². The van der Waals surface area contributed by atoms with Crippen molar-refractivity contribution in [1.29, 1.82) is 0 Å². The predicted octanol–water partition coefficient (Wildman–Crippen LogP) is 2.57. The van der Waals surface area contributed by atoms with Crippen LogP contribution < -0.4 is 10.1 Å². The van der Waals surface area contributed by atoms with Gasteiger partial charge in [-0.1, -0.05) is 0 Å². The Labute approximate surface area is 139 Å². The van der Waals surface area contributed by atoms with Crippen molar-refractivity contribution in [3.8, 4) is 5.88 Å². The maximum atomic E-state index is 12.4. The maximum Gasteiger partial charge on any atom is 0.263 e. The molecular weight excluding hydrogens is 312 g/mol. The maximum absolute atomic E-state index is 12.4. The molecule has 0 bridgehead atoms. The molecule has 1 aliphatic rings. The Morgan fingerprint density at radius 1 is 1.35 bits per heavy atom. The van der Waals surface area contributed by atoms with Gasteiger partial charge in [0.15, 0.2) is 0 Å². The average molecular weight is 332 g/mol. The van der Waals surface area contributed by atoms with E-state index >= 15 is 0 Å². The van der Waals surface area contributed by atoms with E-state index in [1.54, 1.807) is 24.5 Å². The van der Waals surface area contributed by atoms with Gasteiger partial charge in [-0.05, 0) is 31.9 Å². The van der Waals surface area contributed by atoms with Crippen molar-refractivity contribution in [1.82, 2.24) is 14.9 Å². The van der Waals surface area contributed by atoms with Gasteiger partial charge in [-0.2, -0.15) is 0 Å². The lowest BCUT2D eigenvalue weighted by Gasteiger charge is -2.32. The summed E-state index contributed by atoms with van der Waals surface area (Å²) in [5, 5.41) is 3.39. The lowest BCUT2D eigenvalue weighted by atomic mass is 10.0. The number of carbonyl (C=O) groups is 1. The molecule has 1 aliphatic heterocycles. The van der Waals surface area contributed by atoms with Gasteiger partial charge in [0.2, 0.25) is 5.88 Å². The Kier molecular flexibility index (Phi) is 4.76. The summed E-state index contributed by atoms with van der Waals surface area (Å²) in [5.74, 6) is 1.45. The summed E-state index contributed by atoms with van der Waals surface area (Å²) in [5.41, 5.74) is 0. The second-order valence-corrected chi connectivity index (χ2v) is 6.85. The van der Waals surface area contributed by atoms with Gasteiger partial charge in [0.1, 0.15) is 12.1 Å². The molecule has 6 nitrogen and oxygen atoms in total. The Hall–Kier alpha value is -2.15. The number of hydrogen-bond acceptors (Lipinski definition) is 6. The zero-order valence-corrected chi connectivity index (χ0v) is 14.1. The van der Waals surface area contributed by atoms with Crippen molar-refractivity contribution >= 4 is 23.1 Å². The van der Waals surface area contributed by atoms with Crippen molar-refractivity contribution in [2.75, 3.05) is 25.5 Å². The Morgan fingerprint density at radius 2 is 2.13 bits per heavy atom. The third-order valence-corrected chi connectivity index (χ3v) is 4.93. The highest BCUT2D eigenvalue weighted by molar-refractivity contribution is 7.13. The summed E-state index contributed by atoms with van der Waals surface area (Å²) in [4.78, 5) is 24.6. The van der Waals surface area contributed by atoms with E-state index in [4.69, 9.17) is 4.74 Å². The fourth-order valence-electron chi connectivity index (χ4n) is 2.67. The Morgan fingerprint density at radius 3 is 2.78 bits per heavy atom. The molecule has 0 unspecified atom stereocenters. The minimum atomic E-state index is 0.144. The lowest BCUT2D eigenvalue weighted by molar-refractivity contribution is 0.0723. The number of thiophene rings is 1. The molecule has 1 amide bonds. The summed E-state index contributed by atoms with van der Waals surface area (Å²) < 4.78 is 5.10. The molecule has 2 aromatic rings. The van der Waals surface area contributed by atoms with Crippen LogP contribution in [0.3, 0.4) is 0 Å². The largest absolute Gasteiger partial charge is 0.481 e. The first-order chi connectivity index (χ1) is 11.2. The second-order valence-electron chi connectivity index (χ2n) is 5.57. The van der Waals surface area contributed by atoms with Crippen molar-refractivity contribution in [3.63, 3.8) is 0 Å². The number of anilines is 1. The molecule has 2 aromatic heterocycles. The molecular formula is C16H20N4O2S. The first-order valence-electron chi connectivity index (χ1n) is 7.64. The number of aromatic nitrogens is 2. The van der Waals surface area contributed by atoms with Gasteiger partial charge in [0.25, 0.3) is 5.91 Å². The van der Waals surface area contributed by atoms with Crippen molar-refractivity contribution in [3.05, 3.63) is 34.3 Å². The molecule has 23 heavy (non-hydrogen) atoms. The quantitative estimate of drug-likeness (QED) is 0.932. The lowest BCUT2D eigenvalue weighted by Crippen LogP contribution is -2.42. The zero-order valence-electron chi connectivity index (χ0n) is 13.3. The Bertz CT molecular complexity index is 680. The fourth-order valence-corrected chi connectivity index (χ4v) is 3.51. The zero-order chi connectivity index (χ0) is 16.2. The molecule has 0 aliphatic carbocycles. The molecule has 3 heterocycles. The van der Waals surface area contributed by atoms with E-state index in [2.05, 4.69) is 15.3 Å². The standard InChI is InChI=1S/C16H20N4O2S/c1-11-3-4-13(23-11)16(21)20-7-5-12(6-8-20)19-14-9-15(22-2)18-10-17-14/h3-4,9-10,12H,5-8H2,1-2H3,(H,17,18,19). The van der Waals surface area contributed by atoms with Gasteiger partial charge in [-0.25, -0.2) is 9.97 Å². The highest BCUT2D eigenvalue weighted by atomic mass is 32.1. The van der Waals surface area contributed by atoms with E-state index in [9.17, 15) is 4.79 Å². The van der Waals surface area contributed by atoms with Crippen LogP contribution in [0.1, 0.15) is 27.4 Å². The molecule has 0 saturated carbocycles. The molecule has 1 fully saturated rings. The van der Waals surface area contributed by atoms with Crippen LogP contribution in [0.15, 0.2) is 24.5 Å². The van der Waals surface area contributed by atoms with Crippen molar-refractivity contribution in [2.45, 2.75) is 25.8 Å². The van der Waals surface area contributed by atoms with Gasteiger partial charge in [-0.15, -0.1) is 11.3 Å². The fraction of sp³-hybridized carbons (Fsp3) is 0.438. The van der Waals surface area contributed by atoms with E-state index in [1.165, 1.54) is 11.2 Å². The van der Waals surface area contributed by atoms with Crippen LogP contribution in [0, 0.1) is 6.92 Å². The number of nitrogens with one attached hydrogen (secondary N) is 1. The minimum Gasteiger partial charge on any atom is -0.481 e. The third-order valence-electron chi connectivity index (χ3n) is 3.94. The number of nitrogens with zero attached hydrogens (tertiary/aromatic N) is 3. The average Bonchev–Trinajstić information content (AvgIpc) is 3.01. The van der Waals surface area contributed by atoms with Crippen LogP contribution in [0.25, 0.3) is 0 Å². The first kappa shape index (κ1) is 15.7. The van der Waals surface area contributed by atoms with Gasteiger partial charge < -0.3 is 15.0 Å². The summed E-state index contributed by atoms with van der Waals surface area (Å²) in [6.45, 7) is 3.54. The predicted molar refractivity (Wildman–Crippen MR) is 90.2 cm³/mol. The van der Waals surface area contributed by atoms with E-state index in [0.717, 1.165) is 36.6 Å². The summed E-state index contributed by atoms with van der Waals surface area (Å²) in [7, 11) is 1.59. The van der Waals surface area contributed by atoms with Crippen LogP contribution in [0.5, 0.6) is 5.88 Å². The van der Waals surface area contributed by atoms with Crippen LogP contribution >= 0.6 is 11.3 Å². The third kappa shape index (κ3) is 3.79. The monoisotopic (exact) mass is 332 g/mol. The summed E-state index contributed by atoms with van der Waals surface area (Å²) >= 11 is 1.56. The number of aryl methyl sites for hydroxylation is 1. The van der Waals surface area contributed by atoms with Crippen LogP contribution in [0.2, 0.25) is 0 Å². The Balaban J connectivity index is 1.55. The molecule has 1 N–H and O–H groups in total. The molecule has 3 rings (SSSR count). The molecule has 0 radical (unpaired) electrons. The molecule has 0 spiro atoms. The van der Waals surface area contributed by atoms with Gasteiger partial charge in [0, 0.05) is 30.1 Å². The van der Waals surface area contributed by atoms with Crippen molar-refractivity contribution < 1.29 is 9.53 Å². The highest BCUT2D eigenvalue weighted by Gasteiger charge is 2.24. The number of ether oxygens (including phenoxy) is 1. The SMILES string of the molecule is COc1cc(NC2CCN(C(=O)c3ccc(C)s3)CC2)ncn1. The topological polar surface area (TPSA) is 67.3 Å². The number of rotatable bonds is 4. The van der Waals surface area contributed by atoms with Gasteiger partial charge in [0.05, 0.1) is 12.0 Å². The normalized spacial score (nSPS) is 15.5. The smallest absolute Gasteiger partial charge is 0.263 e. The summed E-state index contributed by atoms with van der Waals surface area (Å²) in [6.07, 6.45) is 3.30. The number of carbonyl (C=O) groups excluding carboxylic acids is 1. The number of hydrogen-bond donors (Lipinski definition) is 1. The highest BCUT2D eigenvalue weighted by Crippen LogP contribution is 2.21. The number of methoxy groups -OCH3 is 1. The second kappa shape index (κ2) is 6.95. The summed E-state index contributed by atoms with van der Waals surface area (Å²) in [6, 6.07) is 6.00. The first-order valence-corrected chi connectivity index (χ1v) is 8.45. The van der Waals surface area contributed by atoms with Crippen molar-refractivity contribution in [2.24, 2.45) is 0 Å². The number of piperidine rings is 1. The van der Waals surface area contributed by atoms with E-state index in [0.29, 0.717) is 11.9 Å². The minimum absolute atomic E-state index is 0.144. The molecule has 122 valence electrons. The molecule has 0 aromatic carbocycles. The van der Waals surface area contributed by atoms with E-state index < -0.39 is 0 Å². The van der Waals surface area contributed by atoms with Crippen LogP contribution in [0.4, 0.5) is 5.82 Å². The molecule has 0 atom stereocenters. The molecule has 1 saturated heterocycles. The van der Waals surface area contributed by atoms with E-state index in [1.807, 2.05) is 24.0 Å². The van der Waals surface area contributed by atoms with Gasteiger partial charge in [-0.3, -0.25) is 4.79 Å².